The minimum atomic E-state index is -2.68. The largest absolute Gasteiger partial charge is 0.334 e. The quantitative estimate of drug-likeness (QED) is 0.865. The van der Waals surface area contributed by atoms with Crippen molar-refractivity contribution in [3.63, 3.8) is 0 Å². The summed E-state index contributed by atoms with van der Waals surface area (Å²) in [5.41, 5.74) is 6.62. The Morgan fingerprint density at radius 1 is 1.47 bits per heavy atom. The molecule has 1 fully saturated rings. The third-order valence-corrected chi connectivity index (χ3v) is 3.73. The number of imidazole rings is 1. The van der Waals surface area contributed by atoms with Gasteiger partial charge in [-0.1, -0.05) is 6.07 Å². The van der Waals surface area contributed by atoms with E-state index in [1.54, 1.807) is 18.5 Å². The van der Waals surface area contributed by atoms with E-state index in [1.165, 1.54) is 0 Å². The molecule has 1 aliphatic carbocycles. The van der Waals surface area contributed by atoms with E-state index in [1.807, 2.05) is 17.7 Å². The van der Waals surface area contributed by atoms with Gasteiger partial charge in [-0.25, -0.2) is 13.8 Å². The van der Waals surface area contributed by atoms with Gasteiger partial charge in [-0.3, -0.25) is 0 Å². The summed E-state index contributed by atoms with van der Waals surface area (Å²) in [6.45, 7) is -0.0294. The lowest BCUT2D eigenvalue weighted by Crippen LogP contribution is -2.26. The molecule has 5 heteroatoms. The summed E-state index contributed by atoms with van der Waals surface area (Å²) in [5, 5.41) is 0. The van der Waals surface area contributed by atoms with E-state index >= 15 is 0 Å². The number of hydrogen-bond acceptors (Lipinski definition) is 2. The average Bonchev–Trinajstić information content (AvgIpc) is 2.69. The predicted octanol–water partition coefficient (Wildman–Crippen LogP) is 1.81. The zero-order valence-electron chi connectivity index (χ0n) is 9.45. The molecule has 2 N–H and O–H groups in total. The van der Waals surface area contributed by atoms with Crippen molar-refractivity contribution in [2.75, 3.05) is 6.54 Å². The van der Waals surface area contributed by atoms with Gasteiger partial charge in [-0.15, -0.1) is 0 Å². The Morgan fingerprint density at radius 3 is 2.76 bits per heavy atom. The third-order valence-electron chi connectivity index (χ3n) is 3.73. The highest BCUT2D eigenvalue weighted by Gasteiger charge is 2.71. The van der Waals surface area contributed by atoms with Gasteiger partial charge in [-0.05, 0) is 17.7 Å². The molecule has 1 aromatic carbocycles. The number of nitrogens with two attached hydrogens (primary N) is 1. The van der Waals surface area contributed by atoms with E-state index in [0.29, 0.717) is 5.56 Å². The second kappa shape index (κ2) is 3.04. The van der Waals surface area contributed by atoms with Crippen LogP contribution < -0.4 is 5.73 Å². The van der Waals surface area contributed by atoms with Crippen LogP contribution in [0.4, 0.5) is 8.78 Å². The first-order valence-corrected chi connectivity index (χ1v) is 5.50. The highest BCUT2D eigenvalue weighted by Crippen LogP contribution is 2.61. The standard InChI is InChI=1S/C12H13F2N3/c1-17-7-16-9-4-8(2-3-10(9)17)11(6-15)5-12(11,13)14/h2-4,7H,5-6,15H2,1H3. The normalized spacial score (nSPS) is 26.4. The molecule has 3 rings (SSSR count). The van der Waals surface area contributed by atoms with Crippen LogP contribution in [0.15, 0.2) is 24.5 Å². The summed E-state index contributed by atoms with van der Waals surface area (Å²) < 4.78 is 28.7. The zero-order chi connectivity index (χ0) is 12.3. The third kappa shape index (κ3) is 1.26. The van der Waals surface area contributed by atoms with Crippen molar-refractivity contribution in [1.29, 1.82) is 0 Å². The summed E-state index contributed by atoms with van der Waals surface area (Å²) >= 11 is 0. The van der Waals surface area contributed by atoms with E-state index in [2.05, 4.69) is 4.98 Å². The molecule has 1 atom stereocenters. The lowest BCUT2D eigenvalue weighted by atomic mass is 9.95. The number of alkyl halides is 2. The topological polar surface area (TPSA) is 43.8 Å². The Labute approximate surface area is 97.2 Å². The van der Waals surface area contributed by atoms with Crippen LogP contribution in [0.25, 0.3) is 11.0 Å². The molecular weight excluding hydrogens is 224 g/mol. The first kappa shape index (κ1) is 10.7. The number of hydrogen-bond donors (Lipinski definition) is 1. The van der Waals surface area contributed by atoms with Gasteiger partial charge < -0.3 is 10.3 Å². The molecule has 1 saturated carbocycles. The lowest BCUT2D eigenvalue weighted by molar-refractivity contribution is 0.0896. The SMILES string of the molecule is Cn1cnc2cc(C3(CN)CC3(F)F)ccc21. The maximum atomic E-state index is 13.4. The Kier molecular flexibility index (Phi) is 1.91. The number of nitrogens with zero attached hydrogens (tertiary/aromatic N) is 2. The van der Waals surface area contributed by atoms with Crippen molar-refractivity contribution < 1.29 is 8.78 Å². The Bertz CT molecular complexity index is 590. The van der Waals surface area contributed by atoms with Gasteiger partial charge in [-0.2, -0.15) is 0 Å². The summed E-state index contributed by atoms with van der Waals surface area (Å²) in [5.74, 6) is -2.68. The van der Waals surface area contributed by atoms with Crippen molar-refractivity contribution in [1.82, 2.24) is 9.55 Å². The van der Waals surface area contributed by atoms with E-state index in [4.69, 9.17) is 5.73 Å². The van der Waals surface area contributed by atoms with Crippen LogP contribution in [-0.2, 0) is 12.5 Å². The molecule has 17 heavy (non-hydrogen) atoms. The number of halogens is 2. The van der Waals surface area contributed by atoms with Crippen LogP contribution in [0.2, 0.25) is 0 Å². The zero-order valence-corrected chi connectivity index (χ0v) is 9.45. The van der Waals surface area contributed by atoms with Gasteiger partial charge >= 0.3 is 0 Å². The van der Waals surface area contributed by atoms with Crippen LogP contribution in [0.1, 0.15) is 12.0 Å². The van der Waals surface area contributed by atoms with Crippen LogP contribution >= 0.6 is 0 Å². The molecule has 1 heterocycles. The number of aryl methyl sites for hydroxylation is 1. The minimum Gasteiger partial charge on any atom is -0.334 e. The highest BCUT2D eigenvalue weighted by molar-refractivity contribution is 5.76. The molecule has 0 saturated heterocycles. The number of benzene rings is 1. The molecule has 0 aliphatic heterocycles. The summed E-state index contributed by atoms with van der Waals surface area (Å²) in [4.78, 5) is 4.18. The molecule has 1 aliphatic rings. The fraction of sp³-hybridized carbons (Fsp3) is 0.417. The predicted molar refractivity (Wildman–Crippen MR) is 61.0 cm³/mol. The van der Waals surface area contributed by atoms with Crippen molar-refractivity contribution in [2.24, 2.45) is 12.8 Å². The molecule has 0 bridgehead atoms. The number of fused-ring (bicyclic) bond motifs is 1. The van der Waals surface area contributed by atoms with Gasteiger partial charge in [0.2, 0.25) is 0 Å². The number of aromatic nitrogens is 2. The molecule has 0 spiro atoms. The minimum absolute atomic E-state index is 0.0294. The van der Waals surface area contributed by atoms with Crippen LogP contribution in [0, 0.1) is 0 Å². The second-order valence-corrected chi connectivity index (χ2v) is 4.73. The smallest absolute Gasteiger partial charge is 0.260 e. The van der Waals surface area contributed by atoms with Crippen LogP contribution in [-0.4, -0.2) is 22.0 Å². The average molecular weight is 237 g/mol. The van der Waals surface area contributed by atoms with Crippen LogP contribution in [0.5, 0.6) is 0 Å². The van der Waals surface area contributed by atoms with E-state index in [9.17, 15) is 8.78 Å². The van der Waals surface area contributed by atoms with Gasteiger partial charge in [0, 0.05) is 20.0 Å². The molecule has 0 amide bonds. The van der Waals surface area contributed by atoms with Gasteiger partial charge in [0.1, 0.15) is 0 Å². The molecule has 1 aromatic heterocycles. The molecular formula is C12H13F2N3. The van der Waals surface area contributed by atoms with Gasteiger partial charge in [0.15, 0.2) is 0 Å². The Hall–Kier alpha value is -1.49. The Morgan fingerprint density at radius 2 is 2.18 bits per heavy atom. The number of rotatable bonds is 2. The van der Waals surface area contributed by atoms with E-state index < -0.39 is 11.3 Å². The summed E-state index contributed by atoms with van der Waals surface area (Å²) in [7, 11) is 1.87. The fourth-order valence-electron chi connectivity index (χ4n) is 2.42. The molecule has 90 valence electrons. The van der Waals surface area contributed by atoms with Crippen molar-refractivity contribution in [3.05, 3.63) is 30.1 Å². The first-order chi connectivity index (χ1) is 8.00. The van der Waals surface area contributed by atoms with E-state index in [0.717, 1.165) is 11.0 Å². The Balaban J connectivity index is 2.13. The van der Waals surface area contributed by atoms with E-state index in [-0.39, 0.29) is 13.0 Å². The monoisotopic (exact) mass is 237 g/mol. The highest BCUT2D eigenvalue weighted by atomic mass is 19.3. The van der Waals surface area contributed by atoms with Crippen molar-refractivity contribution >= 4 is 11.0 Å². The molecule has 2 aromatic rings. The second-order valence-electron chi connectivity index (χ2n) is 4.73. The fourth-order valence-corrected chi connectivity index (χ4v) is 2.42. The van der Waals surface area contributed by atoms with Crippen LogP contribution in [0.3, 0.4) is 0 Å². The molecule has 1 unspecified atom stereocenters. The lowest BCUT2D eigenvalue weighted by Gasteiger charge is -2.14. The first-order valence-electron chi connectivity index (χ1n) is 5.50. The summed E-state index contributed by atoms with van der Waals surface area (Å²) in [6.07, 6.45) is 1.52. The maximum Gasteiger partial charge on any atom is 0.260 e. The summed E-state index contributed by atoms with van der Waals surface area (Å²) in [6, 6.07) is 5.28. The van der Waals surface area contributed by atoms with Gasteiger partial charge in [0.05, 0.1) is 22.8 Å². The van der Waals surface area contributed by atoms with Crippen molar-refractivity contribution in [3.8, 4) is 0 Å². The van der Waals surface area contributed by atoms with Gasteiger partial charge in [0.25, 0.3) is 5.92 Å². The maximum absolute atomic E-state index is 13.4. The molecule has 0 radical (unpaired) electrons. The van der Waals surface area contributed by atoms with Crippen molar-refractivity contribution in [2.45, 2.75) is 17.8 Å². The molecule has 3 nitrogen and oxygen atoms in total.